The third-order valence-corrected chi connectivity index (χ3v) is 7.25. The second kappa shape index (κ2) is 10.6. The summed E-state index contributed by atoms with van der Waals surface area (Å²) in [5, 5.41) is 11.6. The standard InChI is InChI=1S/C22H27N5O3S2/c1-4-13-32(29,30)26-19-11-8-10-18(16(19)3)24-21(28)14-31-22-25-23-15-27(22)20-12-7-6-9-17(20)5-2/h6-12,15,26H,4-5,13-14H2,1-3H3,(H,24,28). The number of rotatable bonds is 10. The molecule has 0 aliphatic carbocycles. The van der Waals surface area contributed by atoms with Crippen LogP contribution in [0.4, 0.5) is 11.4 Å². The largest absolute Gasteiger partial charge is 0.325 e. The van der Waals surface area contributed by atoms with Gasteiger partial charge in [0.15, 0.2) is 5.16 Å². The summed E-state index contributed by atoms with van der Waals surface area (Å²) in [6.07, 6.45) is 3.04. The van der Waals surface area contributed by atoms with Crippen molar-refractivity contribution in [2.75, 3.05) is 21.5 Å². The predicted molar refractivity (Wildman–Crippen MR) is 129 cm³/mol. The van der Waals surface area contributed by atoms with Crippen LogP contribution in [0.3, 0.4) is 0 Å². The Bertz CT molecular complexity index is 1190. The summed E-state index contributed by atoms with van der Waals surface area (Å²) < 4.78 is 28.7. The molecule has 3 rings (SSSR count). The van der Waals surface area contributed by atoms with E-state index in [-0.39, 0.29) is 17.4 Å². The molecule has 0 saturated heterocycles. The first-order valence-electron chi connectivity index (χ1n) is 10.4. The van der Waals surface area contributed by atoms with Crippen LogP contribution in [0.2, 0.25) is 0 Å². The zero-order valence-electron chi connectivity index (χ0n) is 18.3. The molecule has 170 valence electrons. The second-order valence-corrected chi connectivity index (χ2v) is 9.99. The maximum absolute atomic E-state index is 12.6. The Kier molecular flexibility index (Phi) is 7.92. The summed E-state index contributed by atoms with van der Waals surface area (Å²) >= 11 is 1.29. The maximum atomic E-state index is 12.6. The highest BCUT2D eigenvalue weighted by Gasteiger charge is 2.15. The topological polar surface area (TPSA) is 106 Å². The number of carbonyl (C=O) groups excluding carboxylic acids is 1. The van der Waals surface area contributed by atoms with Crippen LogP contribution in [0, 0.1) is 6.92 Å². The molecule has 0 aliphatic heterocycles. The molecular formula is C22H27N5O3S2. The smallest absolute Gasteiger partial charge is 0.234 e. The molecule has 1 amide bonds. The van der Waals surface area contributed by atoms with Crippen LogP contribution in [-0.4, -0.2) is 40.6 Å². The van der Waals surface area contributed by atoms with E-state index in [0.29, 0.717) is 28.5 Å². The van der Waals surface area contributed by atoms with Gasteiger partial charge in [0, 0.05) is 5.69 Å². The van der Waals surface area contributed by atoms with Gasteiger partial charge < -0.3 is 5.32 Å². The van der Waals surface area contributed by atoms with E-state index in [4.69, 9.17) is 0 Å². The van der Waals surface area contributed by atoms with E-state index in [2.05, 4.69) is 33.2 Å². The third kappa shape index (κ3) is 5.89. The number of anilines is 2. The maximum Gasteiger partial charge on any atom is 0.234 e. The van der Waals surface area contributed by atoms with E-state index in [0.717, 1.165) is 17.7 Å². The van der Waals surface area contributed by atoms with Crippen molar-refractivity contribution in [2.24, 2.45) is 0 Å². The minimum Gasteiger partial charge on any atom is -0.325 e. The lowest BCUT2D eigenvalue weighted by Gasteiger charge is -2.14. The van der Waals surface area contributed by atoms with Gasteiger partial charge in [0.05, 0.1) is 22.9 Å². The number of sulfonamides is 1. The van der Waals surface area contributed by atoms with Crippen LogP contribution >= 0.6 is 11.8 Å². The number of aromatic nitrogens is 3. The van der Waals surface area contributed by atoms with Crippen molar-refractivity contribution >= 4 is 39.1 Å². The van der Waals surface area contributed by atoms with Crippen molar-refractivity contribution < 1.29 is 13.2 Å². The average Bonchev–Trinajstić information content (AvgIpc) is 3.23. The van der Waals surface area contributed by atoms with Gasteiger partial charge in [-0.2, -0.15) is 0 Å². The van der Waals surface area contributed by atoms with Gasteiger partial charge in [-0.3, -0.25) is 14.1 Å². The molecule has 32 heavy (non-hydrogen) atoms. The van der Waals surface area contributed by atoms with Crippen molar-refractivity contribution in [1.29, 1.82) is 0 Å². The van der Waals surface area contributed by atoms with Gasteiger partial charge in [-0.1, -0.05) is 49.9 Å². The number of amides is 1. The van der Waals surface area contributed by atoms with Crippen LogP contribution in [0.25, 0.3) is 5.69 Å². The second-order valence-electron chi connectivity index (χ2n) is 7.20. The summed E-state index contributed by atoms with van der Waals surface area (Å²) in [5.74, 6) is -0.0373. The van der Waals surface area contributed by atoms with Crippen molar-refractivity contribution in [3.8, 4) is 5.69 Å². The number of nitrogens with one attached hydrogen (secondary N) is 2. The number of hydrogen-bond donors (Lipinski definition) is 2. The lowest BCUT2D eigenvalue weighted by Crippen LogP contribution is -2.18. The minimum atomic E-state index is -3.41. The van der Waals surface area contributed by atoms with E-state index in [9.17, 15) is 13.2 Å². The zero-order valence-corrected chi connectivity index (χ0v) is 20.0. The van der Waals surface area contributed by atoms with Gasteiger partial charge in [0.1, 0.15) is 6.33 Å². The molecule has 2 N–H and O–H groups in total. The Morgan fingerprint density at radius 1 is 1.09 bits per heavy atom. The van der Waals surface area contributed by atoms with E-state index < -0.39 is 10.0 Å². The minimum absolute atomic E-state index is 0.0432. The molecule has 0 fully saturated rings. The first-order valence-corrected chi connectivity index (χ1v) is 13.0. The summed E-state index contributed by atoms with van der Waals surface area (Å²) in [4.78, 5) is 12.6. The molecule has 0 atom stereocenters. The van der Waals surface area contributed by atoms with Crippen LogP contribution in [0.5, 0.6) is 0 Å². The van der Waals surface area contributed by atoms with Crippen molar-refractivity contribution in [1.82, 2.24) is 14.8 Å². The molecule has 2 aromatic carbocycles. The molecule has 1 aromatic heterocycles. The first-order chi connectivity index (χ1) is 15.3. The van der Waals surface area contributed by atoms with Crippen molar-refractivity contribution in [3.05, 3.63) is 59.9 Å². The molecular weight excluding hydrogens is 446 g/mol. The number of para-hydroxylation sites is 1. The number of carbonyl (C=O) groups is 1. The molecule has 0 aliphatic rings. The number of thioether (sulfide) groups is 1. The van der Waals surface area contributed by atoms with E-state index in [1.165, 1.54) is 11.8 Å². The monoisotopic (exact) mass is 473 g/mol. The number of hydrogen-bond acceptors (Lipinski definition) is 6. The molecule has 10 heteroatoms. The summed E-state index contributed by atoms with van der Waals surface area (Å²) in [6.45, 7) is 5.66. The van der Waals surface area contributed by atoms with Gasteiger partial charge in [-0.05, 0) is 49.1 Å². The quantitative estimate of drug-likeness (QED) is 0.431. The Hall–Kier alpha value is -2.85. The first kappa shape index (κ1) is 23.8. The highest BCUT2D eigenvalue weighted by atomic mass is 32.2. The normalized spacial score (nSPS) is 11.3. The number of aryl methyl sites for hydroxylation is 1. The summed E-state index contributed by atoms with van der Waals surface area (Å²) in [6, 6.07) is 13.1. The van der Waals surface area contributed by atoms with Gasteiger partial charge >= 0.3 is 0 Å². The fraction of sp³-hybridized carbons (Fsp3) is 0.318. The number of benzene rings is 2. The summed E-state index contributed by atoms with van der Waals surface area (Å²) in [7, 11) is -3.41. The van der Waals surface area contributed by atoms with E-state index >= 15 is 0 Å². The SMILES string of the molecule is CCCS(=O)(=O)Nc1cccc(NC(=O)CSc2nncn2-c2ccccc2CC)c1C. The molecule has 0 radical (unpaired) electrons. The molecule has 0 unspecified atom stereocenters. The van der Waals surface area contributed by atoms with Gasteiger partial charge in [0.25, 0.3) is 0 Å². The van der Waals surface area contributed by atoms with Gasteiger partial charge in [0.2, 0.25) is 15.9 Å². The van der Waals surface area contributed by atoms with Gasteiger partial charge in [-0.25, -0.2) is 8.42 Å². The molecule has 1 heterocycles. The Morgan fingerprint density at radius 3 is 2.59 bits per heavy atom. The molecule has 0 bridgehead atoms. The van der Waals surface area contributed by atoms with Crippen LogP contribution in [-0.2, 0) is 21.2 Å². The Labute approximate surface area is 192 Å². The lowest BCUT2D eigenvalue weighted by atomic mass is 10.1. The fourth-order valence-electron chi connectivity index (χ4n) is 3.22. The molecule has 3 aromatic rings. The van der Waals surface area contributed by atoms with Crippen LogP contribution < -0.4 is 10.0 Å². The Balaban J connectivity index is 1.68. The van der Waals surface area contributed by atoms with Gasteiger partial charge in [-0.15, -0.1) is 10.2 Å². The predicted octanol–water partition coefficient (Wildman–Crippen LogP) is 4.02. The van der Waals surface area contributed by atoms with E-state index in [1.807, 2.05) is 29.7 Å². The number of nitrogens with zero attached hydrogens (tertiary/aromatic N) is 3. The fourth-order valence-corrected chi connectivity index (χ4v) is 5.14. The highest BCUT2D eigenvalue weighted by molar-refractivity contribution is 7.99. The lowest BCUT2D eigenvalue weighted by molar-refractivity contribution is -0.113. The summed E-state index contributed by atoms with van der Waals surface area (Å²) in [5.41, 5.74) is 3.83. The van der Waals surface area contributed by atoms with Crippen molar-refractivity contribution in [3.63, 3.8) is 0 Å². The van der Waals surface area contributed by atoms with Crippen LogP contribution in [0.1, 0.15) is 31.4 Å². The zero-order chi connectivity index (χ0) is 23.1. The third-order valence-electron chi connectivity index (χ3n) is 4.83. The molecule has 0 spiro atoms. The van der Waals surface area contributed by atoms with E-state index in [1.54, 1.807) is 31.5 Å². The van der Waals surface area contributed by atoms with Crippen molar-refractivity contribution in [2.45, 2.75) is 38.8 Å². The average molecular weight is 474 g/mol. The molecule has 8 nitrogen and oxygen atoms in total. The van der Waals surface area contributed by atoms with Crippen LogP contribution in [0.15, 0.2) is 53.9 Å². The molecule has 0 saturated carbocycles. The highest BCUT2D eigenvalue weighted by Crippen LogP contribution is 2.26. The Morgan fingerprint density at radius 2 is 1.84 bits per heavy atom.